The van der Waals surface area contributed by atoms with Crippen LogP contribution in [0.4, 0.5) is 10.1 Å². The minimum atomic E-state index is -3.29. The molecular formula is C21H35FIN5O2S. The van der Waals surface area contributed by atoms with Crippen LogP contribution in [0, 0.1) is 11.7 Å². The van der Waals surface area contributed by atoms with Crippen LogP contribution in [0.15, 0.2) is 29.3 Å². The molecule has 1 aliphatic carbocycles. The van der Waals surface area contributed by atoms with E-state index >= 15 is 0 Å². The van der Waals surface area contributed by atoms with Crippen LogP contribution in [0.3, 0.4) is 0 Å². The second-order valence-corrected chi connectivity index (χ2v) is 10.0. The molecule has 3 N–H and O–H groups in total. The third-order valence-corrected chi connectivity index (χ3v) is 7.13. The lowest BCUT2D eigenvalue weighted by Crippen LogP contribution is -2.49. The van der Waals surface area contributed by atoms with Crippen LogP contribution in [-0.2, 0) is 10.0 Å². The van der Waals surface area contributed by atoms with Gasteiger partial charge in [0, 0.05) is 37.9 Å². The number of benzene rings is 1. The van der Waals surface area contributed by atoms with E-state index in [1.807, 2.05) is 13.0 Å². The minimum Gasteiger partial charge on any atom is -0.371 e. The van der Waals surface area contributed by atoms with Gasteiger partial charge in [-0.25, -0.2) is 17.5 Å². The van der Waals surface area contributed by atoms with Crippen molar-refractivity contribution in [3.63, 3.8) is 0 Å². The highest BCUT2D eigenvalue weighted by atomic mass is 127. The average molecular weight is 568 g/mol. The molecule has 3 rings (SSSR count). The van der Waals surface area contributed by atoms with Crippen LogP contribution in [0.1, 0.15) is 39.0 Å². The van der Waals surface area contributed by atoms with Crippen molar-refractivity contribution in [3.05, 3.63) is 30.1 Å². The number of piperidine rings is 1. The molecule has 10 heteroatoms. The standard InChI is InChI=1S/C21H34FN5O2S.HI/c1-2-23-21(24-11-14-30(28,29)25-16-17-5-3-6-17)26-19-9-12-27(13-10-19)20-8-4-7-18(22)15-20;/h4,7-8,15,17,19,25H,2-3,5-6,9-14,16H2,1H3,(H2,23,24,26);1H. The Morgan fingerprint density at radius 1 is 1.23 bits per heavy atom. The topological polar surface area (TPSA) is 85.8 Å². The van der Waals surface area contributed by atoms with Gasteiger partial charge >= 0.3 is 0 Å². The van der Waals surface area contributed by atoms with E-state index in [0.29, 0.717) is 25.0 Å². The molecule has 0 radical (unpaired) electrons. The van der Waals surface area contributed by atoms with Crippen LogP contribution in [0.5, 0.6) is 0 Å². The molecule has 1 aromatic rings. The Bertz CT molecular complexity index is 812. The Labute approximate surface area is 202 Å². The number of aliphatic imine (C=N–C) groups is 1. The van der Waals surface area contributed by atoms with Gasteiger partial charge in [0.15, 0.2) is 5.96 Å². The average Bonchev–Trinajstić information content (AvgIpc) is 2.67. The molecule has 31 heavy (non-hydrogen) atoms. The molecule has 1 saturated carbocycles. The van der Waals surface area contributed by atoms with Gasteiger partial charge in [-0.05, 0) is 56.7 Å². The molecule has 1 aliphatic heterocycles. The maximum Gasteiger partial charge on any atom is 0.213 e. The number of hydrogen-bond acceptors (Lipinski definition) is 4. The number of nitrogens with one attached hydrogen (secondary N) is 3. The quantitative estimate of drug-likeness (QED) is 0.243. The zero-order valence-corrected chi connectivity index (χ0v) is 21.3. The Balaban J connectivity index is 0.00000341. The van der Waals surface area contributed by atoms with Gasteiger partial charge in [-0.1, -0.05) is 12.5 Å². The molecule has 0 bridgehead atoms. The molecule has 1 aromatic carbocycles. The summed E-state index contributed by atoms with van der Waals surface area (Å²) in [4.78, 5) is 6.64. The summed E-state index contributed by atoms with van der Waals surface area (Å²) < 4.78 is 40.5. The molecule has 7 nitrogen and oxygen atoms in total. The number of halogens is 2. The molecule has 0 atom stereocenters. The molecule has 1 heterocycles. The van der Waals surface area contributed by atoms with E-state index < -0.39 is 10.0 Å². The summed E-state index contributed by atoms with van der Waals surface area (Å²) in [6.45, 7) is 5.13. The zero-order valence-electron chi connectivity index (χ0n) is 18.1. The lowest BCUT2D eigenvalue weighted by atomic mass is 9.86. The summed E-state index contributed by atoms with van der Waals surface area (Å²) in [5.41, 5.74) is 0.911. The van der Waals surface area contributed by atoms with Crippen molar-refractivity contribution in [2.24, 2.45) is 10.9 Å². The number of nitrogens with zero attached hydrogens (tertiary/aromatic N) is 2. The number of hydrogen-bond donors (Lipinski definition) is 3. The first-order valence-electron chi connectivity index (χ1n) is 11.0. The van der Waals surface area contributed by atoms with Crippen molar-refractivity contribution in [1.82, 2.24) is 15.4 Å². The highest BCUT2D eigenvalue weighted by molar-refractivity contribution is 14.0. The summed E-state index contributed by atoms with van der Waals surface area (Å²) in [5, 5.41) is 6.61. The second kappa shape index (κ2) is 12.8. The van der Waals surface area contributed by atoms with E-state index in [4.69, 9.17) is 0 Å². The van der Waals surface area contributed by atoms with Crippen molar-refractivity contribution in [3.8, 4) is 0 Å². The monoisotopic (exact) mass is 567 g/mol. The van der Waals surface area contributed by atoms with Gasteiger partial charge in [-0.2, -0.15) is 0 Å². The molecule has 0 amide bonds. The van der Waals surface area contributed by atoms with Crippen LogP contribution in [0.25, 0.3) is 0 Å². The first-order chi connectivity index (χ1) is 14.4. The van der Waals surface area contributed by atoms with E-state index in [1.54, 1.807) is 12.1 Å². The highest BCUT2D eigenvalue weighted by Crippen LogP contribution is 2.25. The van der Waals surface area contributed by atoms with E-state index in [1.165, 1.54) is 12.5 Å². The van der Waals surface area contributed by atoms with E-state index in [9.17, 15) is 12.8 Å². The van der Waals surface area contributed by atoms with Crippen molar-refractivity contribution in [2.75, 3.05) is 43.4 Å². The van der Waals surface area contributed by atoms with E-state index in [0.717, 1.165) is 44.5 Å². The molecule has 0 spiro atoms. The third kappa shape index (κ3) is 8.72. The maximum atomic E-state index is 13.5. The molecular weight excluding hydrogens is 532 g/mol. The van der Waals surface area contributed by atoms with Crippen molar-refractivity contribution >= 4 is 45.6 Å². The fraction of sp³-hybridized carbons (Fsp3) is 0.667. The maximum absolute atomic E-state index is 13.5. The van der Waals surface area contributed by atoms with Gasteiger partial charge in [0.2, 0.25) is 10.0 Å². The molecule has 0 unspecified atom stereocenters. The Morgan fingerprint density at radius 3 is 2.58 bits per heavy atom. The van der Waals surface area contributed by atoms with Crippen LogP contribution in [0.2, 0.25) is 0 Å². The molecule has 1 saturated heterocycles. The summed E-state index contributed by atoms with van der Waals surface area (Å²) in [6, 6.07) is 6.95. The summed E-state index contributed by atoms with van der Waals surface area (Å²) in [6.07, 6.45) is 5.25. The smallest absolute Gasteiger partial charge is 0.213 e. The number of sulfonamides is 1. The summed E-state index contributed by atoms with van der Waals surface area (Å²) in [7, 11) is -3.29. The zero-order chi connectivity index (χ0) is 21.4. The van der Waals surface area contributed by atoms with Crippen LogP contribution >= 0.6 is 24.0 Å². The molecule has 0 aromatic heterocycles. The molecule has 2 aliphatic rings. The van der Waals surface area contributed by atoms with Gasteiger partial charge in [0.25, 0.3) is 0 Å². The Kier molecular flexibility index (Phi) is 10.8. The molecule has 2 fully saturated rings. The highest BCUT2D eigenvalue weighted by Gasteiger charge is 2.21. The predicted molar refractivity (Wildman–Crippen MR) is 135 cm³/mol. The fourth-order valence-electron chi connectivity index (χ4n) is 3.76. The second-order valence-electron chi connectivity index (χ2n) is 8.11. The Morgan fingerprint density at radius 2 is 1.97 bits per heavy atom. The largest absolute Gasteiger partial charge is 0.371 e. The van der Waals surface area contributed by atoms with E-state index in [2.05, 4.69) is 25.2 Å². The fourth-order valence-corrected chi connectivity index (χ4v) is 4.73. The lowest BCUT2D eigenvalue weighted by Gasteiger charge is -2.34. The van der Waals surface area contributed by atoms with Crippen LogP contribution < -0.4 is 20.3 Å². The summed E-state index contributed by atoms with van der Waals surface area (Å²) >= 11 is 0. The van der Waals surface area contributed by atoms with Gasteiger partial charge in [-0.3, -0.25) is 4.99 Å². The number of rotatable bonds is 9. The van der Waals surface area contributed by atoms with Crippen molar-refractivity contribution in [1.29, 1.82) is 0 Å². The first-order valence-corrected chi connectivity index (χ1v) is 12.6. The summed E-state index contributed by atoms with van der Waals surface area (Å²) in [5.74, 6) is 0.928. The lowest BCUT2D eigenvalue weighted by molar-refractivity contribution is 0.316. The van der Waals surface area contributed by atoms with Crippen LogP contribution in [-0.4, -0.2) is 58.9 Å². The van der Waals surface area contributed by atoms with Gasteiger partial charge in [0.05, 0.1) is 12.3 Å². The van der Waals surface area contributed by atoms with Gasteiger partial charge < -0.3 is 15.5 Å². The van der Waals surface area contributed by atoms with E-state index in [-0.39, 0.29) is 48.1 Å². The third-order valence-electron chi connectivity index (χ3n) is 5.80. The van der Waals surface area contributed by atoms with Crippen molar-refractivity contribution in [2.45, 2.75) is 45.1 Å². The number of guanidine groups is 1. The van der Waals surface area contributed by atoms with Gasteiger partial charge in [0.1, 0.15) is 5.82 Å². The normalized spacial score (nSPS) is 18.3. The number of anilines is 1. The van der Waals surface area contributed by atoms with Crippen molar-refractivity contribution < 1.29 is 12.8 Å². The Hall–Kier alpha value is -1.14. The molecule has 176 valence electrons. The SMILES string of the molecule is CCNC(=NCCS(=O)(=O)NCC1CCC1)NC1CCN(c2cccc(F)c2)CC1.I. The first kappa shape index (κ1) is 26.1. The minimum absolute atomic E-state index is 0. The predicted octanol–water partition coefficient (Wildman–Crippen LogP) is 2.69. The van der Waals surface area contributed by atoms with Gasteiger partial charge in [-0.15, -0.1) is 24.0 Å².